The largest absolute Gasteiger partial charge is 0.351 e. The van der Waals surface area contributed by atoms with E-state index >= 15 is 0 Å². The van der Waals surface area contributed by atoms with Gasteiger partial charge in [0.1, 0.15) is 0 Å². The highest BCUT2D eigenvalue weighted by Crippen LogP contribution is 2.57. The van der Waals surface area contributed by atoms with Crippen LogP contribution in [0.3, 0.4) is 0 Å². The van der Waals surface area contributed by atoms with Gasteiger partial charge in [0.15, 0.2) is 0 Å². The second-order valence-corrected chi connectivity index (χ2v) is 11.7. The predicted molar refractivity (Wildman–Crippen MR) is 146 cm³/mol. The minimum absolute atomic E-state index is 0.0382. The Bertz CT molecular complexity index is 1210. The smallest absolute Gasteiger partial charge is 0.251 e. The van der Waals surface area contributed by atoms with Crippen LogP contribution in [0.1, 0.15) is 86.3 Å². The zero-order valence-corrected chi connectivity index (χ0v) is 21.7. The van der Waals surface area contributed by atoms with Gasteiger partial charge in [0, 0.05) is 12.1 Å². The van der Waals surface area contributed by atoms with Crippen molar-refractivity contribution in [3.63, 3.8) is 0 Å². The molecule has 0 unspecified atom stereocenters. The maximum Gasteiger partial charge on any atom is 0.251 e. The zero-order valence-electron chi connectivity index (χ0n) is 21.7. The molecule has 0 spiro atoms. The summed E-state index contributed by atoms with van der Waals surface area (Å²) in [6.07, 6.45) is 5.98. The highest BCUT2D eigenvalue weighted by Gasteiger charge is 2.51. The number of benzene rings is 3. The molecule has 0 radical (unpaired) electrons. The monoisotopic (exact) mass is 465 g/mol. The molecule has 1 fully saturated rings. The van der Waals surface area contributed by atoms with Crippen LogP contribution in [0.5, 0.6) is 0 Å². The van der Waals surface area contributed by atoms with Gasteiger partial charge in [0.2, 0.25) is 0 Å². The van der Waals surface area contributed by atoms with E-state index < -0.39 is 0 Å². The van der Waals surface area contributed by atoms with Gasteiger partial charge in [-0.15, -0.1) is 0 Å². The van der Waals surface area contributed by atoms with E-state index in [0.717, 1.165) is 29.7 Å². The standard InChI is InChI=1S/C33H39NO/c1-23(2)26-16-15-25-17-18-30-32(3,19-10-20-33(30,4)29(25)21-26)22-34-31(35)28-14-9-8-13-27(28)24-11-6-5-7-12-24/h5-9,11-16,21,23,30H,10,17-20,22H2,1-4H3,(H,34,35)/t30-,32+,33+/m1/s1. The molecule has 0 saturated heterocycles. The molecule has 2 nitrogen and oxygen atoms in total. The predicted octanol–water partition coefficient (Wildman–Crippen LogP) is 7.92. The molecule has 1 amide bonds. The van der Waals surface area contributed by atoms with Crippen LogP contribution in [-0.4, -0.2) is 12.5 Å². The number of carbonyl (C=O) groups excluding carboxylic acids is 1. The molecule has 3 aromatic carbocycles. The van der Waals surface area contributed by atoms with Crippen LogP contribution in [-0.2, 0) is 11.8 Å². The molecule has 2 heteroatoms. The van der Waals surface area contributed by atoms with E-state index in [-0.39, 0.29) is 16.7 Å². The average molecular weight is 466 g/mol. The van der Waals surface area contributed by atoms with Crippen molar-refractivity contribution in [3.05, 3.63) is 95.1 Å². The molecule has 1 saturated carbocycles. The van der Waals surface area contributed by atoms with Crippen LogP contribution in [0.2, 0.25) is 0 Å². The van der Waals surface area contributed by atoms with Crippen LogP contribution < -0.4 is 5.32 Å². The molecule has 182 valence electrons. The summed E-state index contributed by atoms with van der Waals surface area (Å²) >= 11 is 0. The molecule has 3 atom stereocenters. The van der Waals surface area contributed by atoms with Crippen molar-refractivity contribution < 1.29 is 4.79 Å². The number of hydrogen-bond acceptors (Lipinski definition) is 1. The molecule has 0 heterocycles. The number of amides is 1. The van der Waals surface area contributed by atoms with Crippen LogP contribution in [0.4, 0.5) is 0 Å². The summed E-state index contributed by atoms with van der Waals surface area (Å²) in [6.45, 7) is 10.2. The van der Waals surface area contributed by atoms with E-state index in [9.17, 15) is 4.79 Å². The Labute approximate surface area is 211 Å². The zero-order chi connectivity index (χ0) is 24.6. The molecule has 1 N–H and O–H groups in total. The molecule has 0 aliphatic heterocycles. The minimum atomic E-state index is 0.0382. The third-order valence-electron chi connectivity index (χ3n) is 9.08. The van der Waals surface area contributed by atoms with Crippen molar-refractivity contribution in [1.29, 1.82) is 0 Å². The molecular weight excluding hydrogens is 426 g/mol. The first-order valence-electron chi connectivity index (χ1n) is 13.4. The average Bonchev–Trinajstić information content (AvgIpc) is 2.87. The van der Waals surface area contributed by atoms with E-state index in [0.29, 0.717) is 11.8 Å². The third kappa shape index (κ3) is 4.33. The number of carbonyl (C=O) groups is 1. The number of rotatable bonds is 5. The van der Waals surface area contributed by atoms with E-state index in [2.05, 4.69) is 63.3 Å². The van der Waals surface area contributed by atoms with E-state index in [1.165, 1.54) is 31.2 Å². The lowest BCUT2D eigenvalue weighted by atomic mass is 9.49. The summed E-state index contributed by atoms with van der Waals surface area (Å²) in [7, 11) is 0. The molecule has 2 aliphatic carbocycles. The third-order valence-corrected chi connectivity index (χ3v) is 9.08. The van der Waals surface area contributed by atoms with E-state index in [1.54, 1.807) is 11.1 Å². The lowest BCUT2D eigenvalue weighted by molar-refractivity contribution is 0.0254. The maximum absolute atomic E-state index is 13.5. The summed E-state index contributed by atoms with van der Waals surface area (Å²) in [4.78, 5) is 13.5. The normalized spacial score (nSPS) is 25.6. The fourth-order valence-electron chi connectivity index (χ4n) is 7.11. The minimum Gasteiger partial charge on any atom is -0.351 e. The number of aryl methyl sites for hydroxylation is 1. The number of nitrogens with one attached hydrogen (secondary N) is 1. The Kier molecular flexibility index (Phi) is 6.34. The quantitative estimate of drug-likeness (QED) is 0.407. The first-order chi connectivity index (χ1) is 16.8. The first kappa shape index (κ1) is 23.9. The SMILES string of the molecule is CC(C)c1ccc2c(c1)[C@]1(C)CCC[C@@](C)(CNC(=O)c3ccccc3-c3ccccc3)[C@H]1CC2. The maximum atomic E-state index is 13.5. The van der Waals surface area contributed by atoms with Gasteiger partial charge < -0.3 is 5.32 Å². The fourth-order valence-corrected chi connectivity index (χ4v) is 7.11. The Morgan fingerprint density at radius 1 is 0.971 bits per heavy atom. The van der Waals surface area contributed by atoms with Gasteiger partial charge in [-0.3, -0.25) is 4.79 Å². The van der Waals surface area contributed by atoms with Gasteiger partial charge >= 0.3 is 0 Å². The Morgan fingerprint density at radius 3 is 2.49 bits per heavy atom. The summed E-state index contributed by atoms with van der Waals surface area (Å²) in [5.41, 5.74) is 7.68. The second-order valence-electron chi connectivity index (χ2n) is 11.7. The summed E-state index contributed by atoms with van der Waals surface area (Å²) < 4.78 is 0. The molecule has 35 heavy (non-hydrogen) atoms. The molecule has 3 aromatic rings. The van der Waals surface area contributed by atoms with Crippen molar-refractivity contribution >= 4 is 5.91 Å². The molecule has 0 aromatic heterocycles. The summed E-state index contributed by atoms with van der Waals surface area (Å²) in [5.74, 6) is 1.16. The van der Waals surface area contributed by atoms with Crippen molar-refractivity contribution in [3.8, 4) is 11.1 Å². The Balaban J connectivity index is 1.40. The van der Waals surface area contributed by atoms with Crippen molar-refractivity contribution in [2.24, 2.45) is 11.3 Å². The van der Waals surface area contributed by atoms with E-state index in [4.69, 9.17) is 0 Å². The lowest BCUT2D eigenvalue weighted by Crippen LogP contribution is -2.53. The number of hydrogen-bond donors (Lipinski definition) is 1. The Hall–Kier alpha value is -2.87. The lowest BCUT2D eigenvalue weighted by Gasteiger charge is -2.55. The summed E-state index contributed by atoms with van der Waals surface area (Å²) in [6, 6.07) is 25.4. The Morgan fingerprint density at radius 2 is 1.71 bits per heavy atom. The van der Waals surface area contributed by atoms with Gasteiger partial charge in [-0.25, -0.2) is 0 Å². The summed E-state index contributed by atoms with van der Waals surface area (Å²) in [5, 5.41) is 3.38. The van der Waals surface area contributed by atoms with Gasteiger partial charge in [-0.1, -0.05) is 101 Å². The van der Waals surface area contributed by atoms with Gasteiger partial charge in [-0.2, -0.15) is 0 Å². The second kappa shape index (κ2) is 9.30. The molecule has 5 rings (SSSR count). The highest BCUT2D eigenvalue weighted by atomic mass is 16.1. The number of fused-ring (bicyclic) bond motifs is 3. The van der Waals surface area contributed by atoms with Crippen molar-refractivity contribution in [2.75, 3.05) is 6.54 Å². The van der Waals surface area contributed by atoms with Crippen molar-refractivity contribution in [1.82, 2.24) is 5.32 Å². The first-order valence-corrected chi connectivity index (χ1v) is 13.4. The van der Waals surface area contributed by atoms with Gasteiger partial charge in [-0.05, 0) is 82.2 Å². The van der Waals surface area contributed by atoms with Crippen LogP contribution >= 0.6 is 0 Å². The van der Waals surface area contributed by atoms with Gasteiger partial charge in [0.05, 0.1) is 0 Å². The fraction of sp³-hybridized carbons (Fsp3) is 0.424. The van der Waals surface area contributed by atoms with Crippen LogP contribution in [0.15, 0.2) is 72.8 Å². The van der Waals surface area contributed by atoms with Crippen LogP contribution in [0, 0.1) is 11.3 Å². The van der Waals surface area contributed by atoms with Gasteiger partial charge in [0.25, 0.3) is 5.91 Å². The van der Waals surface area contributed by atoms with E-state index in [1.807, 2.05) is 42.5 Å². The van der Waals surface area contributed by atoms with Crippen LogP contribution in [0.25, 0.3) is 11.1 Å². The van der Waals surface area contributed by atoms with Crippen molar-refractivity contribution in [2.45, 2.75) is 71.1 Å². The molecule has 0 bridgehead atoms. The highest BCUT2D eigenvalue weighted by molar-refractivity contribution is 6.00. The molecule has 2 aliphatic rings. The topological polar surface area (TPSA) is 29.1 Å². The molecular formula is C33H39NO.